The smallest absolute Gasteiger partial charge is 0.147 e. The van der Waals surface area contributed by atoms with E-state index in [2.05, 4.69) is 201 Å². The third-order valence-corrected chi connectivity index (χ3v) is 13.6. The fraction of sp³-hybridized carbons (Fsp3) is 0.148. The van der Waals surface area contributed by atoms with Gasteiger partial charge < -0.3 is 14.2 Å². The summed E-state index contributed by atoms with van der Waals surface area (Å²) >= 11 is 0. The second-order valence-corrected chi connectivity index (χ2v) is 19.9. The van der Waals surface area contributed by atoms with Gasteiger partial charge in [-0.05, 0) is 85.5 Å². The van der Waals surface area contributed by atoms with Crippen molar-refractivity contribution in [2.24, 2.45) is 0 Å². The number of rotatable bonds is 5. The second-order valence-electron chi connectivity index (χ2n) is 19.9. The lowest BCUT2D eigenvalue weighted by molar-refractivity contribution is 0.481. The third kappa shape index (κ3) is 6.77. The van der Waals surface area contributed by atoms with Crippen LogP contribution in [0.5, 0.6) is 11.5 Å². The van der Waals surface area contributed by atoms with E-state index >= 15 is 0 Å². The number of para-hydroxylation sites is 3. The molecule has 0 spiro atoms. The zero-order chi connectivity index (χ0) is 46.5. The quantitative estimate of drug-likeness (QED) is 0.173. The van der Waals surface area contributed by atoms with Gasteiger partial charge >= 0.3 is 0 Å². The maximum absolute atomic E-state index is 9.03. The van der Waals surface area contributed by atoms with Crippen LogP contribution in [0.1, 0.15) is 54.0 Å². The zero-order valence-corrected chi connectivity index (χ0v) is 38.7. The molecule has 7 aromatic carbocycles. The van der Waals surface area contributed by atoms with Crippen LogP contribution >= 0.6 is 0 Å². The lowest BCUT2D eigenvalue weighted by atomic mass is 9.85. The van der Waals surface area contributed by atoms with Crippen molar-refractivity contribution in [1.82, 2.24) is 19.1 Å². The molecule has 12 rings (SSSR count). The second kappa shape index (κ2) is 15.3. The molecule has 1 aliphatic rings. The Bertz CT molecular complexity index is 3920. The summed E-state index contributed by atoms with van der Waals surface area (Å²) in [6.07, 6.45) is 5.64. The first-order chi connectivity index (χ1) is 32.9. The molecule has 4 aromatic heterocycles. The van der Waals surface area contributed by atoms with Gasteiger partial charge in [0.1, 0.15) is 24.0 Å². The van der Waals surface area contributed by atoms with Crippen LogP contribution in [0.3, 0.4) is 0 Å². The van der Waals surface area contributed by atoms with Crippen LogP contribution in [0.25, 0.3) is 82.1 Å². The first-order valence-electron chi connectivity index (χ1n) is 23.6. The standard InChI is InChI=1S/C61H51N5O/c1-60(2,3)40-17-13-16-39(32-40)45-23-14-24-52-48-20-9-7-18-46(48)47-19-8-10-21-49(47)53-25-15-27-55-59(53)65(58(45)52)38-64(55)42-34-44(37-62-36-42)67-43-28-29-51-50-22-11-12-26-54(50)66(56(51)35-43)57-33-41(30-31-63-57)61(4,5)6/h7-37H,38H2,1-6H3/i13D. The SMILES string of the molecule is [2H]c1cc(-c2cccc3c4ccccc4c4ccccc4c4cccc5c4n(c23)CN5c2cncc(Oc3ccc4c5ccccc5n(-c5cc(C(C)(C)C)ccn5)c4c3)c2)cc(C(C)(C)C)c1. The summed E-state index contributed by atoms with van der Waals surface area (Å²) in [7, 11) is 0. The van der Waals surface area contributed by atoms with Crippen molar-refractivity contribution in [1.29, 1.82) is 0 Å². The van der Waals surface area contributed by atoms with Crippen LogP contribution in [0, 0.1) is 0 Å². The van der Waals surface area contributed by atoms with Gasteiger partial charge in [-0.25, -0.2) is 4.98 Å². The summed E-state index contributed by atoms with van der Waals surface area (Å²) in [5.74, 6) is 2.22. The van der Waals surface area contributed by atoms with E-state index in [1.54, 1.807) is 6.20 Å². The van der Waals surface area contributed by atoms with Crippen LogP contribution in [0.15, 0.2) is 188 Å². The number of aromatic nitrogens is 4. The maximum Gasteiger partial charge on any atom is 0.147 e. The first kappa shape index (κ1) is 39.4. The molecule has 0 amide bonds. The van der Waals surface area contributed by atoms with Gasteiger partial charge in [0.25, 0.3) is 0 Å². The molecule has 0 saturated heterocycles. The van der Waals surface area contributed by atoms with E-state index < -0.39 is 0 Å². The van der Waals surface area contributed by atoms with Gasteiger partial charge in [-0.1, -0.05) is 163 Å². The third-order valence-electron chi connectivity index (χ3n) is 13.6. The molecule has 0 atom stereocenters. The van der Waals surface area contributed by atoms with E-state index in [4.69, 9.17) is 16.1 Å². The molecule has 6 nitrogen and oxygen atoms in total. The van der Waals surface area contributed by atoms with Crippen molar-refractivity contribution < 1.29 is 6.11 Å². The van der Waals surface area contributed by atoms with Gasteiger partial charge in [0.15, 0.2) is 0 Å². The fourth-order valence-electron chi connectivity index (χ4n) is 10.2. The Morgan fingerprint density at radius 3 is 1.88 bits per heavy atom. The summed E-state index contributed by atoms with van der Waals surface area (Å²) in [5.41, 5.74) is 10.6. The summed E-state index contributed by atoms with van der Waals surface area (Å²) in [5, 5.41) is 9.27. The van der Waals surface area contributed by atoms with Crippen LogP contribution in [-0.2, 0) is 17.5 Å². The van der Waals surface area contributed by atoms with Crippen LogP contribution in [0.4, 0.5) is 11.4 Å². The lowest BCUT2D eigenvalue weighted by Gasteiger charge is -2.21. The number of anilines is 2. The number of hydrogen-bond acceptors (Lipinski definition) is 4. The Balaban J connectivity index is 1.05. The van der Waals surface area contributed by atoms with Crippen molar-refractivity contribution in [2.75, 3.05) is 4.90 Å². The molecule has 5 heterocycles. The molecule has 0 N–H and O–H groups in total. The number of ether oxygens (including phenoxy) is 1. The summed E-state index contributed by atoms with van der Waals surface area (Å²) in [6, 6.07) is 58.9. The summed E-state index contributed by atoms with van der Waals surface area (Å²) < 4.78 is 20.6. The van der Waals surface area contributed by atoms with E-state index in [-0.39, 0.29) is 10.8 Å². The normalized spacial score (nSPS) is 13.0. The van der Waals surface area contributed by atoms with Crippen molar-refractivity contribution in [3.05, 3.63) is 200 Å². The predicted molar refractivity (Wildman–Crippen MR) is 280 cm³/mol. The first-order valence-corrected chi connectivity index (χ1v) is 23.1. The Labute approximate surface area is 392 Å². The number of pyridine rings is 2. The van der Waals surface area contributed by atoms with Crippen molar-refractivity contribution in [3.63, 3.8) is 0 Å². The molecular weight excluding hydrogens is 819 g/mol. The highest BCUT2D eigenvalue weighted by Crippen LogP contribution is 2.45. The Morgan fingerprint density at radius 2 is 1.15 bits per heavy atom. The van der Waals surface area contributed by atoms with Gasteiger partial charge in [-0.2, -0.15) is 0 Å². The predicted octanol–water partition coefficient (Wildman–Crippen LogP) is 16.3. The highest BCUT2D eigenvalue weighted by atomic mass is 16.5. The van der Waals surface area contributed by atoms with Crippen LogP contribution < -0.4 is 9.64 Å². The van der Waals surface area contributed by atoms with Crippen LogP contribution in [-0.4, -0.2) is 19.1 Å². The molecule has 67 heavy (non-hydrogen) atoms. The van der Waals surface area contributed by atoms with Gasteiger partial charge in [-0.15, -0.1) is 0 Å². The molecule has 326 valence electrons. The highest BCUT2D eigenvalue weighted by Gasteiger charge is 2.26. The van der Waals surface area contributed by atoms with Crippen molar-refractivity contribution >= 4 is 76.5 Å². The molecule has 0 fully saturated rings. The van der Waals surface area contributed by atoms with Gasteiger partial charge in [0.05, 0.1) is 47.2 Å². The minimum absolute atomic E-state index is 0.0292. The van der Waals surface area contributed by atoms with Gasteiger partial charge in [0, 0.05) is 45.4 Å². The minimum Gasteiger partial charge on any atom is -0.456 e. The van der Waals surface area contributed by atoms with Crippen molar-refractivity contribution in [3.8, 4) is 28.4 Å². The molecule has 11 aromatic rings. The monoisotopic (exact) mass is 870 g/mol. The van der Waals surface area contributed by atoms with Gasteiger partial charge in [0.2, 0.25) is 0 Å². The Kier molecular flexibility index (Phi) is 9.01. The largest absolute Gasteiger partial charge is 0.456 e. The van der Waals surface area contributed by atoms with Crippen molar-refractivity contribution in [2.45, 2.75) is 59.0 Å². The molecule has 0 saturated carbocycles. The highest BCUT2D eigenvalue weighted by molar-refractivity contribution is 6.22. The van der Waals surface area contributed by atoms with Crippen LogP contribution in [0.2, 0.25) is 0 Å². The Morgan fingerprint density at radius 1 is 0.522 bits per heavy atom. The van der Waals surface area contributed by atoms with Gasteiger partial charge in [-0.3, -0.25) is 9.55 Å². The molecular formula is C61H51N5O. The number of benzene rings is 7. The van der Waals surface area contributed by atoms with E-state index in [9.17, 15) is 0 Å². The average molecular weight is 871 g/mol. The number of nitrogens with zero attached hydrogens (tertiary/aromatic N) is 5. The summed E-state index contributed by atoms with van der Waals surface area (Å²) in [6.45, 7) is 13.9. The van der Waals surface area contributed by atoms with E-state index in [1.165, 1.54) is 21.7 Å². The zero-order valence-electron chi connectivity index (χ0n) is 39.7. The number of hydrogen-bond donors (Lipinski definition) is 0. The van der Waals surface area contributed by atoms with E-state index in [1.807, 2.05) is 30.6 Å². The van der Waals surface area contributed by atoms with E-state index in [0.717, 1.165) is 82.9 Å². The Hall–Kier alpha value is -7.96. The molecule has 0 bridgehead atoms. The van der Waals surface area contributed by atoms with E-state index in [0.29, 0.717) is 24.2 Å². The molecule has 6 heteroatoms. The molecule has 0 aliphatic carbocycles. The lowest BCUT2D eigenvalue weighted by Crippen LogP contribution is -2.15. The molecule has 1 aliphatic heterocycles. The topological polar surface area (TPSA) is 48.1 Å². The fourth-order valence-corrected chi connectivity index (χ4v) is 10.2. The molecule has 0 unspecified atom stereocenters. The maximum atomic E-state index is 9.03. The minimum atomic E-state index is -0.134. The average Bonchev–Trinajstić information content (AvgIpc) is 3.90. The number of fused-ring (bicyclic) bond motifs is 10. The summed E-state index contributed by atoms with van der Waals surface area (Å²) in [4.78, 5) is 12.1. The molecule has 0 radical (unpaired) electrons.